The molecule has 0 unspecified atom stereocenters. The van der Waals surface area contributed by atoms with Crippen LogP contribution in [0, 0.1) is 11.3 Å². The van der Waals surface area contributed by atoms with Crippen LogP contribution >= 0.6 is 0 Å². The Labute approximate surface area is 140 Å². The zero-order valence-corrected chi connectivity index (χ0v) is 13.3. The number of nitriles is 1. The van der Waals surface area contributed by atoms with Crippen LogP contribution in [0.4, 0.5) is 0 Å². The molecule has 1 aliphatic rings. The number of hydrogen-bond donors (Lipinski definition) is 1. The topological polar surface area (TPSA) is 97.7 Å². The molecular formula is C17H20N2O5. The van der Waals surface area contributed by atoms with Gasteiger partial charge < -0.3 is 19.5 Å². The zero-order valence-electron chi connectivity index (χ0n) is 13.3. The number of amides is 1. The summed E-state index contributed by atoms with van der Waals surface area (Å²) >= 11 is 0. The molecule has 1 aliphatic heterocycles. The van der Waals surface area contributed by atoms with Gasteiger partial charge in [0, 0.05) is 13.2 Å². The van der Waals surface area contributed by atoms with Crippen molar-refractivity contribution in [2.75, 3.05) is 26.4 Å². The summed E-state index contributed by atoms with van der Waals surface area (Å²) in [7, 11) is 0. The van der Waals surface area contributed by atoms with Gasteiger partial charge in [-0.2, -0.15) is 5.26 Å². The highest BCUT2D eigenvalue weighted by Crippen LogP contribution is 2.17. The van der Waals surface area contributed by atoms with Crippen LogP contribution in [-0.4, -0.2) is 44.3 Å². The smallest absolute Gasteiger partial charge is 0.338 e. The SMILES string of the molecule is N#CCCNC(=O)COC(=O)c1ccc(OC[C@H]2CCCO2)cc1. The molecule has 1 heterocycles. The molecule has 0 spiro atoms. The zero-order chi connectivity index (χ0) is 17.2. The third kappa shape index (κ3) is 5.89. The van der Waals surface area contributed by atoms with Crippen LogP contribution in [0.25, 0.3) is 0 Å². The molecule has 128 valence electrons. The first kappa shape index (κ1) is 17.8. The molecule has 7 heteroatoms. The first-order chi connectivity index (χ1) is 11.7. The highest BCUT2D eigenvalue weighted by Gasteiger charge is 2.16. The van der Waals surface area contributed by atoms with E-state index in [1.807, 2.05) is 6.07 Å². The molecular weight excluding hydrogens is 312 g/mol. The Morgan fingerprint density at radius 2 is 2.12 bits per heavy atom. The summed E-state index contributed by atoms with van der Waals surface area (Å²) in [5.74, 6) is -0.373. The number of rotatable bonds is 8. The fraction of sp³-hybridized carbons (Fsp3) is 0.471. The van der Waals surface area contributed by atoms with Crippen LogP contribution in [0.15, 0.2) is 24.3 Å². The summed E-state index contributed by atoms with van der Waals surface area (Å²) in [6.45, 7) is 1.14. The molecule has 2 rings (SSSR count). The van der Waals surface area contributed by atoms with E-state index in [1.165, 1.54) is 0 Å². The molecule has 0 radical (unpaired) electrons. The predicted molar refractivity (Wildman–Crippen MR) is 84.4 cm³/mol. The number of carbonyl (C=O) groups is 2. The number of nitrogens with one attached hydrogen (secondary N) is 1. The number of carbonyl (C=O) groups excluding carboxylic acids is 2. The Bertz CT molecular complexity index is 588. The molecule has 1 atom stereocenters. The fourth-order valence-corrected chi connectivity index (χ4v) is 2.18. The Morgan fingerprint density at radius 3 is 2.79 bits per heavy atom. The lowest BCUT2D eigenvalue weighted by Crippen LogP contribution is -2.29. The molecule has 0 saturated carbocycles. The maximum atomic E-state index is 11.8. The molecule has 1 fully saturated rings. The van der Waals surface area contributed by atoms with Gasteiger partial charge in [-0.25, -0.2) is 4.79 Å². The molecule has 0 aliphatic carbocycles. The van der Waals surface area contributed by atoms with Crippen LogP contribution in [0.1, 0.15) is 29.6 Å². The molecule has 0 bridgehead atoms. The van der Waals surface area contributed by atoms with Crippen LogP contribution in [0.3, 0.4) is 0 Å². The summed E-state index contributed by atoms with van der Waals surface area (Å²) in [6, 6.07) is 8.43. The average Bonchev–Trinajstić information content (AvgIpc) is 3.12. The number of hydrogen-bond acceptors (Lipinski definition) is 6. The van der Waals surface area contributed by atoms with Crippen molar-refractivity contribution in [1.29, 1.82) is 5.26 Å². The maximum absolute atomic E-state index is 11.8. The van der Waals surface area contributed by atoms with Gasteiger partial charge in [-0.3, -0.25) is 4.79 Å². The van der Waals surface area contributed by atoms with E-state index in [0.717, 1.165) is 19.4 Å². The molecule has 0 aromatic heterocycles. The molecule has 1 saturated heterocycles. The minimum atomic E-state index is -0.587. The van der Waals surface area contributed by atoms with Crippen molar-refractivity contribution in [3.63, 3.8) is 0 Å². The summed E-state index contributed by atoms with van der Waals surface area (Å²) < 4.78 is 16.0. The van der Waals surface area contributed by atoms with E-state index in [2.05, 4.69) is 5.32 Å². The van der Waals surface area contributed by atoms with Crippen LogP contribution in [0.2, 0.25) is 0 Å². The maximum Gasteiger partial charge on any atom is 0.338 e. The number of esters is 1. The van der Waals surface area contributed by atoms with Gasteiger partial charge in [0.05, 0.1) is 24.2 Å². The lowest BCUT2D eigenvalue weighted by Gasteiger charge is -2.11. The standard InChI is InChI=1S/C17H20N2O5/c18-8-2-9-19-16(20)12-24-17(21)13-4-6-14(7-5-13)23-11-15-3-1-10-22-15/h4-7,15H,1-3,9-12H2,(H,19,20)/t15-/m1/s1. The van der Waals surface area contributed by atoms with Crippen LogP contribution in [-0.2, 0) is 14.3 Å². The molecule has 24 heavy (non-hydrogen) atoms. The molecule has 1 N–H and O–H groups in total. The number of ether oxygens (including phenoxy) is 3. The number of nitrogens with zero attached hydrogens (tertiary/aromatic N) is 1. The van der Waals surface area contributed by atoms with E-state index in [4.69, 9.17) is 19.5 Å². The van der Waals surface area contributed by atoms with Crippen molar-refractivity contribution in [2.24, 2.45) is 0 Å². The van der Waals surface area contributed by atoms with Crippen LogP contribution in [0.5, 0.6) is 5.75 Å². The molecule has 1 amide bonds. The fourth-order valence-electron chi connectivity index (χ4n) is 2.18. The summed E-state index contributed by atoms with van der Waals surface area (Å²) in [5.41, 5.74) is 0.337. The van der Waals surface area contributed by atoms with Gasteiger partial charge in [0.2, 0.25) is 0 Å². The van der Waals surface area contributed by atoms with Gasteiger partial charge in [0.15, 0.2) is 6.61 Å². The van der Waals surface area contributed by atoms with E-state index in [9.17, 15) is 9.59 Å². The normalized spacial score (nSPS) is 16.2. The Hall–Kier alpha value is -2.59. The van der Waals surface area contributed by atoms with Crippen molar-refractivity contribution >= 4 is 11.9 Å². The highest BCUT2D eigenvalue weighted by molar-refractivity contribution is 5.91. The molecule has 1 aromatic rings. The highest BCUT2D eigenvalue weighted by atomic mass is 16.5. The third-order valence-corrected chi connectivity index (χ3v) is 3.44. The second kappa shape index (κ2) is 9.53. The largest absolute Gasteiger partial charge is 0.491 e. The van der Waals surface area contributed by atoms with Crippen molar-refractivity contribution < 1.29 is 23.8 Å². The van der Waals surface area contributed by atoms with E-state index >= 15 is 0 Å². The summed E-state index contributed by atoms with van der Waals surface area (Å²) in [5, 5.41) is 10.8. The van der Waals surface area contributed by atoms with E-state index in [1.54, 1.807) is 24.3 Å². The lowest BCUT2D eigenvalue weighted by molar-refractivity contribution is -0.124. The second-order valence-electron chi connectivity index (χ2n) is 5.30. The Kier molecular flexibility index (Phi) is 7.05. The Morgan fingerprint density at radius 1 is 1.33 bits per heavy atom. The van der Waals surface area contributed by atoms with Crippen molar-refractivity contribution in [2.45, 2.75) is 25.4 Å². The average molecular weight is 332 g/mol. The van der Waals surface area contributed by atoms with Crippen LogP contribution < -0.4 is 10.1 Å². The minimum Gasteiger partial charge on any atom is -0.491 e. The van der Waals surface area contributed by atoms with Gasteiger partial charge in [-0.15, -0.1) is 0 Å². The summed E-state index contributed by atoms with van der Waals surface area (Å²) in [4.78, 5) is 23.2. The minimum absolute atomic E-state index is 0.134. The summed E-state index contributed by atoms with van der Waals surface area (Å²) in [6.07, 6.45) is 2.41. The Balaban J connectivity index is 1.72. The number of benzene rings is 1. The van der Waals surface area contributed by atoms with Crippen molar-refractivity contribution in [3.8, 4) is 11.8 Å². The van der Waals surface area contributed by atoms with E-state index in [-0.39, 0.29) is 25.7 Å². The van der Waals surface area contributed by atoms with Gasteiger partial charge in [-0.05, 0) is 37.1 Å². The van der Waals surface area contributed by atoms with Crippen molar-refractivity contribution in [3.05, 3.63) is 29.8 Å². The lowest BCUT2D eigenvalue weighted by atomic mass is 10.2. The van der Waals surface area contributed by atoms with Gasteiger partial charge >= 0.3 is 5.97 Å². The van der Waals surface area contributed by atoms with Crippen molar-refractivity contribution in [1.82, 2.24) is 5.32 Å². The first-order valence-corrected chi connectivity index (χ1v) is 7.84. The second-order valence-corrected chi connectivity index (χ2v) is 5.30. The predicted octanol–water partition coefficient (Wildman–Crippen LogP) is 1.43. The molecule has 1 aromatic carbocycles. The monoisotopic (exact) mass is 332 g/mol. The van der Waals surface area contributed by atoms with Gasteiger partial charge in [0.25, 0.3) is 5.91 Å². The molecule has 7 nitrogen and oxygen atoms in total. The van der Waals surface area contributed by atoms with E-state index < -0.39 is 11.9 Å². The first-order valence-electron chi connectivity index (χ1n) is 7.84. The quantitative estimate of drug-likeness (QED) is 0.571. The van der Waals surface area contributed by atoms with Gasteiger partial charge in [-0.1, -0.05) is 0 Å². The van der Waals surface area contributed by atoms with E-state index in [0.29, 0.717) is 17.9 Å². The van der Waals surface area contributed by atoms with Gasteiger partial charge in [0.1, 0.15) is 12.4 Å². The third-order valence-electron chi connectivity index (χ3n) is 3.44.